The Morgan fingerprint density at radius 3 is 2.30 bits per heavy atom. The Kier molecular flexibility index (Phi) is 3.75. The van der Waals surface area contributed by atoms with Gasteiger partial charge < -0.3 is 9.47 Å². The summed E-state index contributed by atoms with van der Waals surface area (Å²) in [6, 6.07) is 18.7. The lowest BCUT2D eigenvalue weighted by Gasteiger charge is -2.08. The van der Waals surface area contributed by atoms with Gasteiger partial charge in [-0.15, -0.1) is 0 Å². The summed E-state index contributed by atoms with van der Waals surface area (Å²) in [6.45, 7) is 3.81. The van der Waals surface area contributed by atoms with Crippen molar-refractivity contribution in [2.24, 2.45) is 0 Å². The highest BCUT2D eigenvalue weighted by molar-refractivity contribution is 5.63. The molecule has 2 aromatic carbocycles. The van der Waals surface area contributed by atoms with E-state index >= 15 is 0 Å². The van der Waals surface area contributed by atoms with Gasteiger partial charge in [-0.25, -0.2) is 0 Å². The van der Waals surface area contributed by atoms with Crippen LogP contribution in [0.1, 0.15) is 19.8 Å². The highest BCUT2D eigenvalue weighted by atomic mass is 16.6. The zero-order chi connectivity index (χ0) is 13.8. The van der Waals surface area contributed by atoms with Crippen LogP contribution >= 0.6 is 0 Å². The third kappa shape index (κ3) is 3.40. The Balaban J connectivity index is 1.51. The van der Waals surface area contributed by atoms with Crippen LogP contribution in [0, 0.1) is 0 Å². The van der Waals surface area contributed by atoms with E-state index in [1.807, 2.05) is 18.2 Å². The summed E-state index contributed by atoms with van der Waals surface area (Å²) in [5, 5.41) is 0. The zero-order valence-electron chi connectivity index (χ0n) is 11.8. The molecule has 1 unspecified atom stereocenters. The minimum atomic E-state index is 0.139. The van der Waals surface area contributed by atoms with Crippen LogP contribution in [-0.2, 0) is 4.74 Å². The molecule has 1 heterocycles. The van der Waals surface area contributed by atoms with Gasteiger partial charge in [-0.05, 0) is 43.0 Å². The molecule has 1 saturated heterocycles. The summed E-state index contributed by atoms with van der Waals surface area (Å²) in [7, 11) is 0. The maximum absolute atomic E-state index is 5.76. The summed E-state index contributed by atoms with van der Waals surface area (Å²) in [5.74, 6) is 0.937. The van der Waals surface area contributed by atoms with Crippen LogP contribution in [0.2, 0.25) is 0 Å². The molecule has 1 fully saturated rings. The first kappa shape index (κ1) is 13.2. The van der Waals surface area contributed by atoms with Gasteiger partial charge in [-0.2, -0.15) is 0 Å². The molecule has 0 spiro atoms. The average Bonchev–Trinajstić information content (AvgIpc) is 3.23. The summed E-state index contributed by atoms with van der Waals surface area (Å²) in [5.41, 5.74) is 2.59. The van der Waals surface area contributed by atoms with E-state index in [0.717, 1.165) is 31.8 Å². The Hall–Kier alpha value is -1.80. The Morgan fingerprint density at radius 2 is 1.65 bits per heavy atom. The molecule has 0 radical (unpaired) electrons. The first-order valence-corrected chi connectivity index (χ1v) is 7.17. The molecule has 2 nitrogen and oxygen atoms in total. The topological polar surface area (TPSA) is 21.8 Å². The molecule has 1 atom stereocenters. The molecule has 3 rings (SSSR count). The molecule has 0 N–H and O–H groups in total. The molecule has 20 heavy (non-hydrogen) atoms. The van der Waals surface area contributed by atoms with E-state index in [2.05, 4.69) is 43.3 Å². The van der Waals surface area contributed by atoms with E-state index in [4.69, 9.17) is 9.47 Å². The molecule has 2 heteroatoms. The van der Waals surface area contributed by atoms with Crippen molar-refractivity contribution in [2.75, 3.05) is 13.2 Å². The highest BCUT2D eigenvalue weighted by Crippen LogP contribution is 2.31. The second-order valence-electron chi connectivity index (χ2n) is 5.58. The van der Waals surface area contributed by atoms with Crippen molar-refractivity contribution in [1.29, 1.82) is 0 Å². The van der Waals surface area contributed by atoms with Crippen LogP contribution in [0.3, 0.4) is 0 Å². The summed E-state index contributed by atoms with van der Waals surface area (Å²) < 4.78 is 11.1. The molecule has 0 aliphatic carbocycles. The molecular formula is C18H20O2. The summed E-state index contributed by atoms with van der Waals surface area (Å²) in [4.78, 5) is 0. The van der Waals surface area contributed by atoms with Gasteiger partial charge in [0.2, 0.25) is 0 Å². The molecule has 0 aromatic heterocycles. The van der Waals surface area contributed by atoms with Crippen LogP contribution < -0.4 is 4.74 Å². The normalized spacial score (nSPS) is 20.6. The molecule has 0 amide bonds. The number of hydrogen-bond acceptors (Lipinski definition) is 2. The van der Waals surface area contributed by atoms with Crippen molar-refractivity contribution in [3.05, 3.63) is 54.6 Å². The first-order chi connectivity index (χ1) is 9.75. The second kappa shape index (κ2) is 5.68. The fourth-order valence-electron chi connectivity index (χ4n) is 2.28. The number of hydrogen-bond donors (Lipinski definition) is 0. The lowest BCUT2D eigenvalue weighted by Crippen LogP contribution is -2.07. The summed E-state index contributed by atoms with van der Waals surface area (Å²) in [6.07, 6.45) is 2.12. The first-order valence-electron chi connectivity index (χ1n) is 7.17. The number of benzene rings is 2. The number of ether oxygens (including phenoxy) is 2. The molecule has 0 saturated carbocycles. The second-order valence-corrected chi connectivity index (χ2v) is 5.58. The maximum Gasteiger partial charge on any atom is 0.119 e. The smallest absolute Gasteiger partial charge is 0.119 e. The van der Waals surface area contributed by atoms with E-state index in [0.29, 0.717) is 0 Å². The van der Waals surface area contributed by atoms with Gasteiger partial charge in [-0.1, -0.05) is 42.5 Å². The van der Waals surface area contributed by atoms with Gasteiger partial charge in [0.15, 0.2) is 0 Å². The van der Waals surface area contributed by atoms with Crippen LogP contribution in [-0.4, -0.2) is 18.8 Å². The van der Waals surface area contributed by atoms with Crippen molar-refractivity contribution in [3.63, 3.8) is 0 Å². The van der Waals surface area contributed by atoms with Crippen LogP contribution in [0.4, 0.5) is 0 Å². The molecule has 2 aromatic rings. The maximum atomic E-state index is 5.76. The molecular weight excluding hydrogens is 248 g/mol. The Morgan fingerprint density at radius 1 is 1.00 bits per heavy atom. The fourth-order valence-corrected chi connectivity index (χ4v) is 2.28. The molecule has 0 bridgehead atoms. The summed E-state index contributed by atoms with van der Waals surface area (Å²) >= 11 is 0. The van der Waals surface area contributed by atoms with Gasteiger partial charge in [0.05, 0.1) is 18.8 Å². The predicted molar refractivity (Wildman–Crippen MR) is 81.0 cm³/mol. The largest absolute Gasteiger partial charge is 0.494 e. The van der Waals surface area contributed by atoms with Crippen molar-refractivity contribution in [2.45, 2.75) is 25.4 Å². The van der Waals surface area contributed by atoms with Gasteiger partial charge in [0, 0.05) is 0 Å². The van der Waals surface area contributed by atoms with Crippen molar-refractivity contribution < 1.29 is 9.47 Å². The van der Waals surface area contributed by atoms with Crippen LogP contribution in [0.5, 0.6) is 5.75 Å². The van der Waals surface area contributed by atoms with E-state index in [9.17, 15) is 0 Å². The SMILES string of the molecule is CC1(CCCOc2ccc(-c3ccccc3)cc2)CO1. The zero-order valence-corrected chi connectivity index (χ0v) is 11.8. The third-order valence-corrected chi connectivity index (χ3v) is 3.72. The number of epoxide rings is 1. The molecule has 1 aliphatic heterocycles. The minimum Gasteiger partial charge on any atom is -0.494 e. The highest BCUT2D eigenvalue weighted by Gasteiger charge is 2.38. The van der Waals surface area contributed by atoms with E-state index < -0.39 is 0 Å². The van der Waals surface area contributed by atoms with E-state index in [1.165, 1.54) is 11.1 Å². The van der Waals surface area contributed by atoms with Crippen molar-refractivity contribution in [3.8, 4) is 16.9 Å². The third-order valence-electron chi connectivity index (χ3n) is 3.72. The van der Waals surface area contributed by atoms with Crippen molar-refractivity contribution >= 4 is 0 Å². The van der Waals surface area contributed by atoms with Crippen molar-refractivity contribution in [1.82, 2.24) is 0 Å². The monoisotopic (exact) mass is 268 g/mol. The van der Waals surface area contributed by atoms with Crippen LogP contribution in [0.15, 0.2) is 54.6 Å². The lowest BCUT2D eigenvalue weighted by molar-refractivity contribution is 0.260. The van der Waals surface area contributed by atoms with E-state index in [-0.39, 0.29) is 5.60 Å². The Bertz CT molecular complexity index is 541. The van der Waals surface area contributed by atoms with Gasteiger partial charge >= 0.3 is 0 Å². The standard InChI is InChI=1S/C18H20O2/c1-18(14-20-18)12-5-13-19-17-10-8-16(9-11-17)15-6-3-2-4-7-15/h2-4,6-11H,5,12-14H2,1H3. The van der Waals surface area contributed by atoms with Gasteiger partial charge in [0.25, 0.3) is 0 Å². The molecule has 104 valence electrons. The molecule has 1 aliphatic rings. The van der Waals surface area contributed by atoms with E-state index in [1.54, 1.807) is 0 Å². The average molecular weight is 268 g/mol. The van der Waals surface area contributed by atoms with Crippen LogP contribution in [0.25, 0.3) is 11.1 Å². The Labute approximate surface area is 120 Å². The number of rotatable bonds is 6. The minimum absolute atomic E-state index is 0.139. The quantitative estimate of drug-likeness (QED) is 0.575. The lowest BCUT2D eigenvalue weighted by atomic mass is 10.1. The van der Waals surface area contributed by atoms with Gasteiger partial charge in [0.1, 0.15) is 5.75 Å². The predicted octanol–water partition coefficient (Wildman–Crippen LogP) is 4.30. The van der Waals surface area contributed by atoms with Gasteiger partial charge in [-0.3, -0.25) is 0 Å². The fraction of sp³-hybridized carbons (Fsp3) is 0.333.